The fraction of sp³-hybridized carbons (Fsp3) is 0.500. The molecule has 0 bridgehead atoms. The van der Waals surface area contributed by atoms with Crippen molar-refractivity contribution in [3.8, 4) is 0 Å². The Morgan fingerprint density at radius 2 is 2.18 bits per heavy atom. The number of hydrogen-bond acceptors (Lipinski definition) is 4. The first-order valence-corrected chi connectivity index (χ1v) is 6.63. The molecule has 4 nitrogen and oxygen atoms in total. The summed E-state index contributed by atoms with van der Waals surface area (Å²) in [5.74, 6) is 0.832. The second kappa shape index (κ2) is 4.98. The van der Waals surface area contributed by atoms with Gasteiger partial charge >= 0.3 is 0 Å². The third kappa shape index (κ3) is 2.56. The summed E-state index contributed by atoms with van der Waals surface area (Å²) in [5, 5.41) is 18.4. The molecular formula is C12H17N3OS. The smallest absolute Gasteiger partial charge is 0.138 e. The molecule has 2 heterocycles. The molecule has 0 radical (unpaired) electrons. The third-order valence-electron chi connectivity index (χ3n) is 2.77. The molecule has 0 aliphatic heterocycles. The summed E-state index contributed by atoms with van der Waals surface area (Å²) in [6.45, 7) is 6.13. The monoisotopic (exact) mass is 251 g/mol. The molecule has 1 atom stereocenters. The van der Waals surface area contributed by atoms with Crippen LogP contribution in [0.5, 0.6) is 0 Å². The number of hydrogen-bond donors (Lipinski definition) is 1. The van der Waals surface area contributed by atoms with Crippen LogP contribution in [0.2, 0.25) is 0 Å². The Labute approximate surface area is 105 Å². The predicted molar refractivity (Wildman–Crippen MR) is 68.1 cm³/mol. The molecule has 0 spiro atoms. The minimum atomic E-state index is -0.497. The van der Waals surface area contributed by atoms with Crippen LogP contribution in [0.1, 0.15) is 42.9 Å². The van der Waals surface area contributed by atoms with Gasteiger partial charge in [0.05, 0.1) is 6.10 Å². The number of aliphatic hydroxyl groups excluding tert-OH is 1. The predicted octanol–water partition coefficient (Wildman–Crippen LogP) is 2.51. The summed E-state index contributed by atoms with van der Waals surface area (Å²) in [7, 11) is 0. The van der Waals surface area contributed by atoms with Crippen LogP contribution in [-0.2, 0) is 6.42 Å². The van der Waals surface area contributed by atoms with Gasteiger partial charge in [-0.25, -0.2) is 9.67 Å². The zero-order chi connectivity index (χ0) is 12.4. The van der Waals surface area contributed by atoms with Crippen molar-refractivity contribution >= 4 is 11.3 Å². The molecule has 0 aliphatic carbocycles. The number of rotatable bonds is 4. The molecule has 1 unspecified atom stereocenters. The first-order chi connectivity index (χ1) is 8.09. The number of nitrogens with zero attached hydrogens (tertiary/aromatic N) is 3. The van der Waals surface area contributed by atoms with E-state index in [1.807, 2.05) is 22.4 Å². The lowest BCUT2D eigenvalue weighted by molar-refractivity contribution is 0.173. The molecule has 2 rings (SSSR count). The van der Waals surface area contributed by atoms with E-state index in [0.29, 0.717) is 6.42 Å². The highest BCUT2D eigenvalue weighted by atomic mass is 32.1. The zero-order valence-electron chi connectivity index (χ0n) is 10.3. The number of thiophene rings is 1. The summed E-state index contributed by atoms with van der Waals surface area (Å²) in [6.07, 6.45) is 1.56. The Morgan fingerprint density at radius 3 is 2.76 bits per heavy atom. The van der Waals surface area contributed by atoms with Crippen LogP contribution in [0.3, 0.4) is 0 Å². The van der Waals surface area contributed by atoms with Crippen LogP contribution >= 0.6 is 11.3 Å². The molecule has 0 saturated carbocycles. The van der Waals surface area contributed by atoms with Crippen molar-refractivity contribution in [1.29, 1.82) is 0 Å². The highest BCUT2D eigenvalue weighted by Crippen LogP contribution is 2.24. The zero-order valence-corrected chi connectivity index (χ0v) is 11.1. The van der Waals surface area contributed by atoms with Crippen LogP contribution in [0.15, 0.2) is 17.1 Å². The SMILES string of the molecule is Cc1cscc1C(O)Cc1ncnn1C(C)C. The Kier molecular flexibility index (Phi) is 3.59. The summed E-state index contributed by atoms with van der Waals surface area (Å²) in [6, 6.07) is 0.267. The first kappa shape index (κ1) is 12.3. The lowest BCUT2D eigenvalue weighted by atomic mass is 10.1. The van der Waals surface area contributed by atoms with Gasteiger partial charge in [0.25, 0.3) is 0 Å². The molecule has 0 amide bonds. The van der Waals surface area contributed by atoms with Crippen LogP contribution < -0.4 is 0 Å². The van der Waals surface area contributed by atoms with Crippen LogP contribution in [-0.4, -0.2) is 19.9 Å². The maximum Gasteiger partial charge on any atom is 0.138 e. The van der Waals surface area contributed by atoms with Gasteiger partial charge in [-0.1, -0.05) is 0 Å². The standard InChI is InChI=1S/C12H17N3OS/c1-8(2)15-12(13-7-14-15)4-11(16)10-6-17-5-9(10)3/h5-8,11,16H,4H2,1-3H3. The van der Waals surface area contributed by atoms with Crippen molar-refractivity contribution in [3.05, 3.63) is 34.0 Å². The van der Waals surface area contributed by atoms with Gasteiger partial charge in [-0.2, -0.15) is 16.4 Å². The van der Waals surface area contributed by atoms with E-state index in [9.17, 15) is 5.11 Å². The average molecular weight is 251 g/mol. The summed E-state index contributed by atoms with van der Waals surface area (Å²) in [5.41, 5.74) is 2.13. The Morgan fingerprint density at radius 1 is 1.41 bits per heavy atom. The van der Waals surface area contributed by atoms with E-state index < -0.39 is 6.10 Å². The van der Waals surface area contributed by atoms with E-state index in [1.54, 1.807) is 17.7 Å². The Hall–Kier alpha value is -1.20. The van der Waals surface area contributed by atoms with E-state index in [4.69, 9.17) is 0 Å². The molecular weight excluding hydrogens is 234 g/mol. The fourth-order valence-electron chi connectivity index (χ4n) is 1.85. The third-order valence-corrected chi connectivity index (χ3v) is 3.65. The van der Waals surface area contributed by atoms with Crippen molar-refractivity contribution in [2.45, 2.75) is 39.3 Å². The molecule has 92 valence electrons. The van der Waals surface area contributed by atoms with Crippen molar-refractivity contribution in [3.63, 3.8) is 0 Å². The van der Waals surface area contributed by atoms with Crippen molar-refractivity contribution < 1.29 is 5.11 Å². The van der Waals surface area contributed by atoms with Gasteiger partial charge in [0.15, 0.2) is 0 Å². The highest BCUT2D eigenvalue weighted by molar-refractivity contribution is 7.08. The number of aromatic nitrogens is 3. The summed E-state index contributed by atoms with van der Waals surface area (Å²) >= 11 is 1.61. The molecule has 17 heavy (non-hydrogen) atoms. The molecule has 0 aromatic carbocycles. The van der Waals surface area contributed by atoms with E-state index in [2.05, 4.69) is 23.9 Å². The van der Waals surface area contributed by atoms with Gasteiger partial charge in [-0.15, -0.1) is 0 Å². The topological polar surface area (TPSA) is 50.9 Å². The van der Waals surface area contributed by atoms with Gasteiger partial charge in [-0.05, 0) is 42.7 Å². The summed E-state index contributed by atoms with van der Waals surface area (Å²) in [4.78, 5) is 4.21. The van der Waals surface area contributed by atoms with Crippen molar-refractivity contribution in [2.75, 3.05) is 0 Å². The van der Waals surface area contributed by atoms with Gasteiger partial charge < -0.3 is 5.11 Å². The summed E-state index contributed by atoms with van der Waals surface area (Å²) < 4.78 is 1.85. The van der Waals surface area contributed by atoms with Crippen LogP contribution in [0.4, 0.5) is 0 Å². The first-order valence-electron chi connectivity index (χ1n) is 5.68. The van der Waals surface area contributed by atoms with Crippen LogP contribution in [0, 0.1) is 6.92 Å². The Balaban J connectivity index is 2.16. The number of aryl methyl sites for hydroxylation is 1. The van der Waals surface area contributed by atoms with Gasteiger partial charge in [-0.3, -0.25) is 0 Å². The molecule has 0 fully saturated rings. The largest absolute Gasteiger partial charge is 0.388 e. The van der Waals surface area contributed by atoms with E-state index >= 15 is 0 Å². The second-order valence-corrected chi connectivity index (χ2v) is 5.19. The lowest BCUT2D eigenvalue weighted by Crippen LogP contribution is -2.12. The maximum atomic E-state index is 10.2. The molecule has 0 saturated heterocycles. The minimum absolute atomic E-state index is 0.267. The van der Waals surface area contributed by atoms with E-state index in [-0.39, 0.29) is 6.04 Å². The van der Waals surface area contributed by atoms with E-state index in [1.165, 1.54) is 0 Å². The van der Waals surface area contributed by atoms with Crippen molar-refractivity contribution in [1.82, 2.24) is 14.8 Å². The molecule has 5 heteroatoms. The molecule has 2 aromatic rings. The average Bonchev–Trinajstić information content (AvgIpc) is 2.86. The van der Waals surface area contributed by atoms with Crippen LogP contribution in [0.25, 0.3) is 0 Å². The minimum Gasteiger partial charge on any atom is -0.388 e. The molecule has 2 aromatic heterocycles. The quantitative estimate of drug-likeness (QED) is 0.908. The van der Waals surface area contributed by atoms with Gasteiger partial charge in [0.2, 0.25) is 0 Å². The van der Waals surface area contributed by atoms with Gasteiger partial charge in [0, 0.05) is 12.5 Å². The normalized spacial score (nSPS) is 13.2. The highest BCUT2D eigenvalue weighted by Gasteiger charge is 2.16. The Bertz CT molecular complexity index is 489. The van der Waals surface area contributed by atoms with Gasteiger partial charge in [0.1, 0.15) is 12.2 Å². The molecule has 1 N–H and O–H groups in total. The maximum absolute atomic E-state index is 10.2. The van der Waals surface area contributed by atoms with E-state index in [0.717, 1.165) is 17.0 Å². The lowest BCUT2D eigenvalue weighted by Gasteiger charge is -2.13. The fourth-order valence-corrected chi connectivity index (χ4v) is 2.74. The van der Waals surface area contributed by atoms with Crippen molar-refractivity contribution in [2.24, 2.45) is 0 Å². The molecule has 0 aliphatic rings. The number of aliphatic hydroxyl groups is 1. The second-order valence-electron chi connectivity index (χ2n) is 4.44.